The lowest BCUT2D eigenvalue weighted by Gasteiger charge is -2.15. The minimum atomic E-state index is -0.778. The van der Waals surface area contributed by atoms with Gasteiger partial charge in [-0.15, -0.1) is 0 Å². The minimum Gasteiger partial charge on any atom is -0.459 e. The standard InChI is InChI=1S/C17H16N4O3/c18-16-15(21-17(23)14-7-4-8-24-14)12(19-10-20-16)9-13(22)11-5-2-1-3-6-11/h1-8,10,13,22H,9H2,(H,21,23)(H2,18,19,20). The molecule has 0 radical (unpaired) electrons. The van der Waals surface area contributed by atoms with Gasteiger partial charge < -0.3 is 20.6 Å². The van der Waals surface area contributed by atoms with Gasteiger partial charge in [0.2, 0.25) is 0 Å². The Bertz CT molecular complexity index is 819. The number of carbonyl (C=O) groups excluding carboxylic acids is 1. The van der Waals surface area contributed by atoms with Gasteiger partial charge in [-0.1, -0.05) is 30.3 Å². The molecule has 0 fully saturated rings. The molecule has 3 aromatic rings. The first kappa shape index (κ1) is 15.7. The van der Waals surface area contributed by atoms with Crippen LogP contribution in [0.15, 0.2) is 59.5 Å². The number of hydrogen-bond donors (Lipinski definition) is 3. The van der Waals surface area contributed by atoms with Gasteiger partial charge in [0, 0.05) is 6.42 Å². The van der Waals surface area contributed by atoms with Crippen molar-refractivity contribution in [1.82, 2.24) is 9.97 Å². The maximum Gasteiger partial charge on any atom is 0.291 e. The van der Waals surface area contributed by atoms with Crippen molar-refractivity contribution in [3.05, 3.63) is 72.1 Å². The molecule has 24 heavy (non-hydrogen) atoms. The van der Waals surface area contributed by atoms with Crippen molar-refractivity contribution in [1.29, 1.82) is 0 Å². The number of aliphatic hydroxyl groups is 1. The van der Waals surface area contributed by atoms with Crippen molar-refractivity contribution in [3.63, 3.8) is 0 Å². The lowest BCUT2D eigenvalue weighted by molar-refractivity contribution is 0.0996. The number of aliphatic hydroxyl groups excluding tert-OH is 1. The van der Waals surface area contributed by atoms with Crippen LogP contribution in [0.2, 0.25) is 0 Å². The number of furan rings is 1. The fourth-order valence-corrected chi connectivity index (χ4v) is 2.29. The van der Waals surface area contributed by atoms with Crippen LogP contribution >= 0.6 is 0 Å². The van der Waals surface area contributed by atoms with Crippen molar-refractivity contribution in [2.45, 2.75) is 12.5 Å². The molecule has 0 aliphatic rings. The number of hydrogen-bond acceptors (Lipinski definition) is 6. The van der Waals surface area contributed by atoms with E-state index in [1.54, 1.807) is 6.07 Å². The largest absolute Gasteiger partial charge is 0.459 e. The van der Waals surface area contributed by atoms with E-state index < -0.39 is 12.0 Å². The van der Waals surface area contributed by atoms with Gasteiger partial charge in [0.25, 0.3) is 5.91 Å². The Morgan fingerprint density at radius 1 is 1.21 bits per heavy atom. The number of nitrogens with two attached hydrogens (primary N) is 1. The zero-order chi connectivity index (χ0) is 16.9. The highest BCUT2D eigenvalue weighted by atomic mass is 16.3. The maximum atomic E-state index is 12.2. The van der Waals surface area contributed by atoms with Crippen molar-refractivity contribution in [2.24, 2.45) is 0 Å². The van der Waals surface area contributed by atoms with E-state index in [0.29, 0.717) is 5.69 Å². The van der Waals surface area contributed by atoms with Gasteiger partial charge >= 0.3 is 0 Å². The van der Waals surface area contributed by atoms with Crippen LogP contribution in [0.3, 0.4) is 0 Å². The molecule has 1 atom stereocenters. The summed E-state index contributed by atoms with van der Waals surface area (Å²) in [7, 11) is 0. The maximum absolute atomic E-state index is 12.2. The van der Waals surface area contributed by atoms with Crippen molar-refractivity contribution in [3.8, 4) is 0 Å². The average molecular weight is 324 g/mol. The molecule has 7 heteroatoms. The van der Waals surface area contributed by atoms with E-state index in [0.717, 1.165) is 5.56 Å². The first-order valence-corrected chi connectivity index (χ1v) is 7.32. The quantitative estimate of drug-likeness (QED) is 0.663. The summed E-state index contributed by atoms with van der Waals surface area (Å²) < 4.78 is 5.05. The smallest absolute Gasteiger partial charge is 0.291 e. The Balaban J connectivity index is 1.83. The van der Waals surface area contributed by atoms with Gasteiger partial charge in [-0.2, -0.15) is 0 Å². The lowest BCUT2D eigenvalue weighted by atomic mass is 10.0. The zero-order valence-corrected chi connectivity index (χ0v) is 12.7. The Kier molecular flexibility index (Phi) is 4.53. The third-order valence-corrected chi connectivity index (χ3v) is 3.51. The molecule has 1 amide bonds. The van der Waals surface area contributed by atoms with Gasteiger partial charge in [-0.25, -0.2) is 9.97 Å². The third-order valence-electron chi connectivity index (χ3n) is 3.51. The van der Waals surface area contributed by atoms with Crippen LogP contribution in [0.25, 0.3) is 0 Å². The van der Waals surface area contributed by atoms with Crippen LogP contribution in [0, 0.1) is 0 Å². The number of aromatic nitrogens is 2. The molecule has 4 N–H and O–H groups in total. The van der Waals surface area contributed by atoms with E-state index in [1.807, 2.05) is 30.3 Å². The number of nitrogens with zero attached hydrogens (tertiary/aromatic N) is 2. The van der Waals surface area contributed by atoms with Crippen LogP contribution in [0.4, 0.5) is 11.5 Å². The summed E-state index contributed by atoms with van der Waals surface area (Å²) in [6.07, 6.45) is 2.11. The first-order valence-electron chi connectivity index (χ1n) is 7.32. The normalized spacial score (nSPS) is 11.9. The molecular formula is C17H16N4O3. The number of benzene rings is 1. The molecule has 122 valence electrons. The van der Waals surface area contributed by atoms with Gasteiger partial charge in [-0.3, -0.25) is 4.79 Å². The average Bonchev–Trinajstić information content (AvgIpc) is 3.13. The van der Waals surface area contributed by atoms with E-state index in [9.17, 15) is 9.90 Å². The van der Waals surface area contributed by atoms with E-state index in [4.69, 9.17) is 10.2 Å². The molecule has 0 aliphatic carbocycles. The molecule has 1 unspecified atom stereocenters. The fourth-order valence-electron chi connectivity index (χ4n) is 2.29. The molecule has 0 bridgehead atoms. The van der Waals surface area contributed by atoms with Crippen molar-refractivity contribution < 1.29 is 14.3 Å². The van der Waals surface area contributed by atoms with E-state index in [-0.39, 0.29) is 23.7 Å². The highest BCUT2D eigenvalue weighted by Crippen LogP contribution is 2.25. The second-order valence-corrected chi connectivity index (χ2v) is 5.14. The fraction of sp³-hybridized carbons (Fsp3) is 0.118. The van der Waals surface area contributed by atoms with Crippen LogP contribution in [0.1, 0.15) is 27.9 Å². The Hall–Kier alpha value is -3.19. The number of nitrogen functional groups attached to an aromatic ring is 1. The molecule has 2 heterocycles. The molecule has 0 saturated carbocycles. The van der Waals surface area contributed by atoms with Gasteiger partial charge in [0.1, 0.15) is 12.0 Å². The second-order valence-electron chi connectivity index (χ2n) is 5.14. The molecule has 0 spiro atoms. The van der Waals surface area contributed by atoms with Crippen LogP contribution in [0.5, 0.6) is 0 Å². The zero-order valence-electron chi connectivity index (χ0n) is 12.7. The number of nitrogens with one attached hydrogen (secondary N) is 1. The van der Waals surface area contributed by atoms with Crippen LogP contribution in [-0.2, 0) is 6.42 Å². The topological polar surface area (TPSA) is 114 Å². The Morgan fingerprint density at radius 2 is 2.00 bits per heavy atom. The summed E-state index contributed by atoms with van der Waals surface area (Å²) in [5, 5.41) is 13.0. The summed E-state index contributed by atoms with van der Waals surface area (Å²) in [6, 6.07) is 12.3. The lowest BCUT2D eigenvalue weighted by Crippen LogP contribution is -2.17. The SMILES string of the molecule is Nc1ncnc(CC(O)c2ccccc2)c1NC(=O)c1ccco1. The Labute approximate surface area is 138 Å². The molecular weight excluding hydrogens is 308 g/mol. The van der Waals surface area contributed by atoms with Gasteiger partial charge in [0.05, 0.1) is 18.1 Å². The van der Waals surface area contributed by atoms with E-state index in [2.05, 4.69) is 15.3 Å². The summed E-state index contributed by atoms with van der Waals surface area (Å²) in [5.74, 6) is -0.190. The van der Waals surface area contributed by atoms with E-state index >= 15 is 0 Å². The van der Waals surface area contributed by atoms with Gasteiger partial charge in [0.15, 0.2) is 11.6 Å². The second kappa shape index (κ2) is 6.93. The molecule has 3 rings (SSSR count). The summed E-state index contributed by atoms with van der Waals surface area (Å²) in [5.41, 5.74) is 7.32. The number of amides is 1. The Morgan fingerprint density at radius 3 is 2.71 bits per heavy atom. The van der Waals surface area contributed by atoms with Gasteiger partial charge in [-0.05, 0) is 17.7 Å². The first-order chi connectivity index (χ1) is 11.6. The highest BCUT2D eigenvalue weighted by Gasteiger charge is 2.18. The number of carbonyl (C=O) groups is 1. The van der Waals surface area contributed by atoms with Crippen molar-refractivity contribution in [2.75, 3.05) is 11.1 Å². The van der Waals surface area contributed by atoms with E-state index in [1.165, 1.54) is 18.7 Å². The molecule has 2 aromatic heterocycles. The molecule has 7 nitrogen and oxygen atoms in total. The summed E-state index contributed by atoms with van der Waals surface area (Å²) in [4.78, 5) is 20.2. The minimum absolute atomic E-state index is 0.125. The van der Waals surface area contributed by atoms with Crippen LogP contribution in [-0.4, -0.2) is 21.0 Å². The molecule has 0 saturated heterocycles. The molecule has 1 aromatic carbocycles. The monoisotopic (exact) mass is 324 g/mol. The molecule has 0 aliphatic heterocycles. The predicted octanol–water partition coefficient (Wildman–Crippen LogP) is 2.18. The predicted molar refractivity (Wildman–Crippen MR) is 88.2 cm³/mol. The van der Waals surface area contributed by atoms with Crippen molar-refractivity contribution >= 4 is 17.4 Å². The number of rotatable bonds is 5. The van der Waals surface area contributed by atoms with Crippen LogP contribution < -0.4 is 11.1 Å². The third kappa shape index (κ3) is 3.41. The number of anilines is 2. The summed E-state index contributed by atoms with van der Waals surface area (Å²) >= 11 is 0. The summed E-state index contributed by atoms with van der Waals surface area (Å²) in [6.45, 7) is 0. The highest BCUT2D eigenvalue weighted by molar-refractivity contribution is 6.03.